The molecule has 0 saturated carbocycles. The summed E-state index contributed by atoms with van der Waals surface area (Å²) >= 11 is 6.12. The molecule has 0 spiro atoms. The van der Waals surface area contributed by atoms with Crippen molar-refractivity contribution < 1.29 is 0 Å². The molecule has 3 heteroatoms. The summed E-state index contributed by atoms with van der Waals surface area (Å²) in [6.45, 7) is 8.93. The van der Waals surface area contributed by atoms with Crippen molar-refractivity contribution in [1.29, 1.82) is 0 Å². The molecule has 2 nitrogen and oxygen atoms in total. The van der Waals surface area contributed by atoms with Crippen LogP contribution in [0.5, 0.6) is 0 Å². The SMILES string of the molecule is CC(C)c1cccc(C(C)C)c1/N=C1/C(=N/c2ccc(Cl)cc2)c2cccc3cccc1c23. The van der Waals surface area contributed by atoms with Gasteiger partial charge in [0.1, 0.15) is 0 Å². The first-order chi connectivity index (χ1) is 15.9. The summed E-state index contributed by atoms with van der Waals surface area (Å²) in [5.74, 6) is 0.749. The van der Waals surface area contributed by atoms with Crippen molar-refractivity contribution in [2.24, 2.45) is 9.98 Å². The Bertz CT molecular complexity index is 1380. The molecule has 4 aromatic rings. The van der Waals surface area contributed by atoms with Gasteiger partial charge in [0, 0.05) is 21.5 Å². The smallest absolute Gasteiger partial charge is 0.0979 e. The Morgan fingerprint density at radius 1 is 0.606 bits per heavy atom. The molecule has 5 rings (SSSR count). The van der Waals surface area contributed by atoms with Crippen LogP contribution in [0.1, 0.15) is 61.8 Å². The number of hydrogen-bond acceptors (Lipinski definition) is 2. The zero-order valence-corrected chi connectivity index (χ0v) is 20.2. The molecule has 0 unspecified atom stereocenters. The van der Waals surface area contributed by atoms with Crippen LogP contribution >= 0.6 is 11.6 Å². The molecule has 33 heavy (non-hydrogen) atoms. The predicted octanol–water partition coefficient (Wildman–Crippen LogP) is 9.00. The van der Waals surface area contributed by atoms with Crippen LogP contribution in [-0.2, 0) is 0 Å². The lowest BCUT2D eigenvalue weighted by atomic mass is 9.92. The van der Waals surface area contributed by atoms with Gasteiger partial charge in [0.25, 0.3) is 0 Å². The van der Waals surface area contributed by atoms with Gasteiger partial charge in [-0.1, -0.05) is 93.9 Å². The highest BCUT2D eigenvalue weighted by molar-refractivity contribution is 6.61. The monoisotopic (exact) mass is 450 g/mol. The van der Waals surface area contributed by atoms with Gasteiger partial charge in [-0.3, -0.25) is 0 Å². The van der Waals surface area contributed by atoms with Gasteiger partial charge in [-0.2, -0.15) is 0 Å². The summed E-state index contributed by atoms with van der Waals surface area (Å²) in [6, 6.07) is 27.1. The van der Waals surface area contributed by atoms with Crippen LogP contribution < -0.4 is 0 Å². The summed E-state index contributed by atoms with van der Waals surface area (Å²) in [4.78, 5) is 10.5. The second kappa shape index (κ2) is 8.61. The lowest BCUT2D eigenvalue weighted by Crippen LogP contribution is -2.11. The minimum Gasteiger partial charge on any atom is -0.246 e. The Kier molecular flexibility index (Phi) is 5.64. The van der Waals surface area contributed by atoms with E-state index in [0.29, 0.717) is 16.9 Å². The maximum absolute atomic E-state index is 6.12. The Hall–Kier alpha value is -3.23. The minimum absolute atomic E-state index is 0.374. The van der Waals surface area contributed by atoms with E-state index < -0.39 is 0 Å². The van der Waals surface area contributed by atoms with Crippen molar-refractivity contribution in [2.45, 2.75) is 39.5 Å². The summed E-state index contributed by atoms with van der Waals surface area (Å²) in [7, 11) is 0. The van der Waals surface area contributed by atoms with Crippen molar-refractivity contribution >= 4 is 45.2 Å². The highest BCUT2D eigenvalue weighted by Gasteiger charge is 2.28. The summed E-state index contributed by atoms with van der Waals surface area (Å²) in [5, 5.41) is 3.14. The van der Waals surface area contributed by atoms with Crippen molar-refractivity contribution in [3.63, 3.8) is 0 Å². The van der Waals surface area contributed by atoms with Gasteiger partial charge in [-0.15, -0.1) is 0 Å². The first-order valence-corrected chi connectivity index (χ1v) is 11.9. The van der Waals surface area contributed by atoms with Gasteiger partial charge >= 0.3 is 0 Å². The van der Waals surface area contributed by atoms with Gasteiger partial charge in [-0.25, -0.2) is 9.98 Å². The van der Waals surface area contributed by atoms with E-state index in [1.165, 1.54) is 21.9 Å². The maximum Gasteiger partial charge on any atom is 0.0979 e. The summed E-state index contributed by atoms with van der Waals surface area (Å²) < 4.78 is 0. The molecule has 0 aliphatic heterocycles. The van der Waals surface area contributed by atoms with Gasteiger partial charge in [-0.05, 0) is 52.6 Å². The highest BCUT2D eigenvalue weighted by atomic mass is 35.5. The van der Waals surface area contributed by atoms with Crippen LogP contribution in [0, 0.1) is 0 Å². The highest BCUT2D eigenvalue weighted by Crippen LogP contribution is 2.39. The lowest BCUT2D eigenvalue weighted by molar-refractivity contribution is 0.835. The second-order valence-corrected chi connectivity index (χ2v) is 9.64. The molecule has 0 amide bonds. The van der Waals surface area contributed by atoms with Crippen LogP contribution in [-0.4, -0.2) is 11.4 Å². The Morgan fingerprint density at radius 2 is 1.12 bits per heavy atom. The van der Waals surface area contributed by atoms with E-state index in [1.54, 1.807) is 0 Å². The van der Waals surface area contributed by atoms with E-state index in [9.17, 15) is 0 Å². The van der Waals surface area contributed by atoms with E-state index in [-0.39, 0.29) is 0 Å². The molecule has 1 aliphatic rings. The quantitative estimate of drug-likeness (QED) is 0.296. The van der Waals surface area contributed by atoms with E-state index in [1.807, 2.05) is 24.3 Å². The first-order valence-electron chi connectivity index (χ1n) is 11.5. The number of para-hydroxylation sites is 1. The second-order valence-electron chi connectivity index (χ2n) is 9.20. The third-order valence-corrected chi connectivity index (χ3v) is 6.52. The Balaban J connectivity index is 1.82. The number of rotatable bonds is 4. The minimum atomic E-state index is 0.374. The van der Waals surface area contributed by atoms with Crippen LogP contribution in [0.15, 0.2) is 88.8 Å². The van der Waals surface area contributed by atoms with Crippen LogP contribution in [0.2, 0.25) is 5.02 Å². The number of halogens is 1. The van der Waals surface area contributed by atoms with E-state index in [2.05, 4.69) is 82.3 Å². The van der Waals surface area contributed by atoms with Crippen LogP contribution in [0.3, 0.4) is 0 Å². The molecule has 0 heterocycles. The summed E-state index contributed by atoms with van der Waals surface area (Å²) in [6.07, 6.45) is 0. The van der Waals surface area contributed by atoms with Crippen molar-refractivity contribution in [3.8, 4) is 0 Å². The molecule has 0 bridgehead atoms. The lowest BCUT2D eigenvalue weighted by Gasteiger charge is -2.17. The van der Waals surface area contributed by atoms with E-state index >= 15 is 0 Å². The molecule has 0 atom stereocenters. The first kappa shape index (κ1) is 21.6. The number of benzene rings is 4. The fraction of sp³-hybridized carbons (Fsp3) is 0.200. The zero-order valence-electron chi connectivity index (χ0n) is 19.4. The largest absolute Gasteiger partial charge is 0.246 e. The fourth-order valence-electron chi connectivity index (χ4n) is 4.61. The Labute approximate surface area is 200 Å². The van der Waals surface area contributed by atoms with Gasteiger partial charge in [0.2, 0.25) is 0 Å². The molecule has 0 saturated heterocycles. The summed E-state index contributed by atoms with van der Waals surface area (Å²) in [5.41, 5.74) is 8.60. The molecular formula is C30H27ClN2. The fourth-order valence-corrected chi connectivity index (χ4v) is 4.74. The van der Waals surface area contributed by atoms with E-state index in [0.717, 1.165) is 33.9 Å². The predicted molar refractivity (Wildman–Crippen MR) is 142 cm³/mol. The van der Waals surface area contributed by atoms with Crippen LogP contribution in [0.25, 0.3) is 10.8 Å². The average Bonchev–Trinajstić information content (AvgIpc) is 3.09. The molecule has 0 radical (unpaired) electrons. The third kappa shape index (κ3) is 3.89. The molecule has 164 valence electrons. The number of aliphatic imine (C=N–C) groups is 2. The molecule has 0 N–H and O–H groups in total. The molecule has 0 fully saturated rings. The number of nitrogens with zero attached hydrogens (tertiary/aromatic N) is 2. The van der Waals surface area contributed by atoms with Crippen molar-refractivity contribution in [1.82, 2.24) is 0 Å². The Morgan fingerprint density at radius 3 is 1.67 bits per heavy atom. The molecule has 4 aromatic carbocycles. The van der Waals surface area contributed by atoms with E-state index in [4.69, 9.17) is 21.6 Å². The molecule has 0 aromatic heterocycles. The van der Waals surface area contributed by atoms with Gasteiger partial charge in [0.15, 0.2) is 0 Å². The molecule has 1 aliphatic carbocycles. The van der Waals surface area contributed by atoms with Gasteiger partial charge < -0.3 is 0 Å². The third-order valence-electron chi connectivity index (χ3n) is 6.27. The maximum atomic E-state index is 6.12. The zero-order chi connectivity index (χ0) is 23.1. The number of hydrogen-bond donors (Lipinski definition) is 0. The topological polar surface area (TPSA) is 24.7 Å². The van der Waals surface area contributed by atoms with Crippen molar-refractivity contribution in [2.75, 3.05) is 0 Å². The average molecular weight is 451 g/mol. The molecular weight excluding hydrogens is 424 g/mol. The van der Waals surface area contributed by atoms with Crippen LogP contribution in [0.4, 0.5) is 11.4 Å². The normalized spacial score (nSPS) is 15.5. The van der Waals surface area contributed by atoms with Crippen molar-refractivity contribution in [3.05, 3.63) is 106 Å². The van der Waals surface area contributed by atoms with Gasteiger partial charge in [0.05, 0.1) is 22.8 Å². The standard InChI is InChI=1S/C30H27ClN2/c1-18(2)23-10-7-11-24(19(3)4)28(23)33-30-26-13-6-9-20-8-5-12-25(27(20)26)29(30)32-22-16-14-21(31)15-17-22/h5-19H,1-4H3/b32-29+,33-30+.